The van der Waals surface area contributed by atoms with Gasteiger partial charge in [0.15, 0.2) is 0 Å². The van der Waals surface area contributed by atoms with E-state index in [1.807, 2.05) is 0 Å². The van der Waals surface area contributed by atoms with Crippen LogP contribution in [0.2, 0.25) is 0 Å². The zero-order valence-corrected chi connectivity index (χ0v) is 15.0. The van der Waals surface area contributed by atoms with E-state index in [0.29, 0.717) is 11.5 Å². The van der Waals surface area contributed by atoms with Crippen molar-refractivity contribution in [1.29, 1.82) is 0 Å². The fourth-order valence-corrected chi connectivity index (χ4v) is 5.64. The molecule has 2 aromatic rings. The number of nitrogens with zero attached hydrogens (tertiary/aromatic N) is 1. The van der Waals surface area contributed by atoms with Gasteiger partial charge in [-0.1, -0.05) is 74.9 Å². The second kappa shape index (κ2) is 6.37. The van der Waals surface area contributed by atoms with Gasteiger partial charge in [0.2, 0.25) is 0 Å². The highest BCUT2D eigenvalue weighted by Gasteiger charge is 2.50. The minimum atomic E-state index is 0.404. The zero-order chi connectivity index (χ0) is 16.6. The summed E-state index contributed by atoms with van der Waals surface area (Å²) in [4.78, 5) is 2.77. The summed E-state index contributed by atoms with van der Waals surface area (Å²) >= 11 is 0. The molecule has 4 rings (SSSR count). The number of likely N-dealkylation sites (tertiary alicyclic amines) is 1. The first-order valence-corrected chi connectivity index (χ1v) is 9.65. The largest absolute Gasteiger partial charge is 0.295 e. The van der Waals surface area contributed by atoms with Crippen molar-refractivity contribution in [2.45, 2.75) is 57.5 Å². The lowest BCUT2D eigenvalue weighted by atomic mass is 9.55. The highest BCUT2D eigenvalue weighted by atomic mass is 15.2. The first kappa shape index (κ1) is 15.9. The van der Waals surface area contributed by atoms with Crippen LogP contribution >= 0.6 is 0 Å². The third-order valence-electron chi connectivity index (χ3n) is 6.77. The van der Waals surface area contributed by atoms with Gasteiger partial charge < -0.3 is 0 Å². The Bertz CT molecular complexity index is 692. The van der Waals surface area contributed by atoms with Crippen LogP contribution in [0.4, 0.5) is 0 Å². The summed E-state index contributed by atoms with van der Waals surface area (Å²) in [6.45, 7) is 7.15. The van der Waals surface area contributed by atoms with Crippen LogP contribution in [-0.2, 0) is 18.4 Å². The van der Waals surface area contributed by atoms with Gasteiger partial charge in [-0.3, -0.25) is 4.90 Å². The predicted octanol–water partition coefficient (Wildman–Crippen LogP) is 5.19. The van der Waals surface area contributed by atoms with E-state index in [1.54, 1.807) is 11.1 Å². The van der Waals surface area contributed by atoms with Crippen LogP contribution in [0.15, 0.2) is 54.6 Å². The van der Waals surface area contributed by atoms with Gasteiger partial charge in [-0.15, -0.1) is 0 Å². The summed E-state index contributed by atoms with van der Waals surface area (Å²) in [5.41, 5.74) is 5.12. The van der Waals surface area contributed by atoms with Gasteiger partial charge >= 0.3 is 0 Å². The summed E-state index contributed by atoms with van der Waals surface area (Å²) in [6, 6.07) is 21.0. The molecule has 24 heavy (non-hydrogen) atoms. The predicted molar refractivity (Wildman–Crippen MR) is 101 cm³/mol. The fraction of sp³-hybridized carbons (Fsp3) is 0.478. The van der Waals surface area contributed by atoms with Crippen molar-refractivity contribution in [3.63, 3.8) is 0 Å². The van der Waals surface area contributed by atoms with Crippen molar-refractivity contribution < 1.29 is 0 Å². The molecule has 1 heterocycles. The van der Waals surface area contributed by atoms with E-state index in [1.165, 1.54) is 37.8 Å². The summed E-state index contributed by atoms with van der Waals surface area (Å²) in [7, 11) is 0. The normalized spacial score (nSPS) is 29.2. The molecule has 3 atom stereocenters. The number of fused-ring (bicyclic) bond motifs is 4. The van der Waals surface area contributed by atoms with E-state index >= 15 is 0 Å². The summed E-state index contributed by atoms with van der Waals surface area (Å²) in [5.74, 6) is 0.787. The monoisotopic (exact) mass is 319 g/mol. The smallest absolute Gasteiger partial charge is 0.0236 e. The van der Waals surface area contributed by atoms with E-state index in [0.717, 1.165) is 12.5 Å². The average Bonchev–Trinajstić information content (AvgIpc) is 2.64. The maximum absolute atomic E-state index is 2.77. The Labute approximate surface area is 146 Å². The molecule has 0 N–H and O–H groups in total. The van der Waals surface area contributed by atoms with Crippen LogP contribution in [0.25, 0.3) is 0 Å². The minimum Gasteiger partial charge on any atom is -0.295 e. The topological polar surface area (TPSA) is 3.24 Å². The van der Waals surface area contributed by atoms with Crippen molar-refractivity contribution in [1.82, 2.24) is 4.90 Å². The number of hydrogen-bond donors (Lipinski definition) is 0. The molecule has 2 aliphatic rings. The molecule has 1 aliphatic carbocycles. The molecule has 1 aliphatic heterocycles. The SMILES string of the molecule is CC[C@@H]1[C@H]2Cc3ccccc3[C@]1(CC)CCN2Cc1ccccc1. The molecule has 0 saturated carbocycles. The van der Waals surface area contributed by atoms with Gasteiger partial charge in [0.25, 0.3) is 0 Å². The molecule has 0 spiro atoms. The van der Waals surface area contributed by atoms with Gasteiger partial charge in [0.05, 0.1) is 0 Å². The first-order chi connectivity index (χ1) is 11.8. The van der Waals surface area contributed by atoms with Crippen LogP contribution < -0.4 is 0 Å². The lowest BCUT2D eigenvalue weighted by Gasteiger charge is -2.57. The van der Waals surface area contributed by atoms with Crippen LogP contribution in [0.1, 0.15) is 49.8 Å². The molecule has 126 valence electrons. The Morgan fingerprint density at radius 3 is 2.50 bits per heavy atom. The second-order valence-electron chi connectivity index (χ2n) is 7.66. The molecule has 1 saturated heterocycles. The van der Waals surface area contributed by atoms with Crippen LogP contribution in [-0.4, -0.2) is 17.5 Å². The number of hydrogen-bond acceptors (Lipinski definition) is 1. The third kappa shape index (κ3) is 2.41. The maximum Gasteiger partial charge on any atom is 0.0236 e. The van der Waals surface area contributed by atoms with Crippen LogP contribution in [0.5, 0.6) is 0 Å². The van der Waals surface area contributed by atoms with Crippen molar-refractivity contribution >= 4 is 0 Å². The number of rotatable bonds is 4. The van der Waals surface area contributed by atoms with Crippen molar-refractivity contribution in [2.75, 3.05) is 6.54 Å². The third-order valence-corrected chi connectivity index (χ3v) is 6.77. The van der Waals surface area contributed by atoms with Crippen molar-refractivity contribution in [2.24, 2.45) is 5.92 Å². The maximum atomic E-state index is 2.77. The van der Waals surface area contributed by atoms with E-state index in [4.69, 9.17) is 0 Å². The van der Waals surface area contributed by atoms with Crippen molar-refractivity contribution in [3.8, 4) is 0 Å². The molecular formula is C23H29N. The van der Waals surface area contributed by atoms with Gasteiger partial charge in [0.1, 0.15) is 0 Å². The lowest BCUT2D eigenvalue weighted by molar-refractivity contribution is 0.00431. The van der Waals surface area contributed by atoms with Crippen LogP contribution in [0, 0.1) is 5.92 Å². The fourth-order valence-electron chi connectivity index (χ4n) is 5.64. The van der Waals surface area contributed by atoms with Gasteiger partial charge in [-0.05, 0) is 48.4 Å². The Morgan fingerprint density at radius 2 is 1.75 bits per heavy atom. The van der Waals surface area contributed by atoms with E-state index in [9.17, 15) is 0 Å². The van der Waals surface area contributed by atoms with Crippen LogP contribution in [0.3, 0.4) is 0 Å². The molecule has 0 amide bonds. The van der Waals surface area contributed by atoms with E-state index in [2.05, 4.69) is 73.3 Å². The van der Waals surface area contributed by atoms with Gasteiger partial charge in [-0.2, -0.15) is 0 Å². The highest BCUT2D eigenvalue weighted by Crippen LogP contribution is 2.52. The second-order valence-corrected chi connectivity index (χ2v) is 7.66. The highest BCUT2D eigenvalue weighted by molar-refractivity contribution is 5.40. The Hall–Kier alpha value is -1.60. The number of piperidine rings is 1. The molecule has 1 heteroatoms. The lowest BCUT2D eigenvalue weighted by Crippen LogP contribution is -2.59. The summed E-state index contributed by atoms with van der Waals surface area (Å²) in [6.07, 6.45) is 5.10. The van der Waals surface area contributed by atoms with Crippen molar-refractivity contribution in [3.05, 3.63) is 71.3 Å². The standard InChI is InChI=1S/C23H29N/c1-3-20-22-16-19-12-8-9-13-21(19)23(20,4-2)14-15-24(22)17-18-10-6-5-7-11-18/h5-13,20,22H,3-4,14-17H2,1-2H3/t20-,22-,23-/m1/s1. The van der Waals surface area contributed by atoms with E-state index < -0.39 is 0 Å². The molecule has 1 nitrogen and oxygen atoms in total. The molecule has 2 aromatic carbocycles. The Kier molecular flexibility index (Phi) is 4.22. The quantitative estimate of drug-likeness (QED) is 0.749. The van der Waals surface area contributed by atoms with Gasteiger partial charge in [0, 0.05) is 18.0 Å². The Morgan fingerprint density at radius 1 is 1.00 bits per heavy atom. The molecule has 2 bridgehead atoms. The molecule has 0 unspecified atom stereocenters. The van der Waals surface area contributed by atoms with E-state index in [-0.39, 0.29) is 0 Å². The number of benzene rings is 2. The molecule has 0 aromatic heterocycles. The zero-order valence-electron chi connectivity index (χ0n) is 15.0. The molecule has 1 fully saturated rings. The first-order valence-electron chi connectivity index (χ1n) is 9.65. The minimum absolute atomic E-state index is 0.404. The summed E-state index contributed by atoms with van der Waals surface area (Å²) < 4.78 is 0. The summed E-state index contributed by atoms with van der Waals surface area (Å²) in [5, 5.41) is 0. The Balaban J connectivity index is 1.71. The molecular weight excluding hydrogens is 290 g/mol. The molecule has 0 radical (unpaired) electrons. The average molecular weight is 319 g/mol. The van der Waals surface area contributed by atoms with Gasteiger partial charge in [-0.25, -0.2) is 0 Å².